The van der Waals surface area contributed by atoms with Crippen LogP contribution in [-0.2, 0) is 0 Å². The number of hydrogen-bond acceptors (Lipinski definition) is 5. The van der Waals surface area contributed by atoms with Crippen molar-refractivity contribution in [3.8, 4) is 22.0 Å². The summed E-state index contributed by atoms with van der Waals surface area (Å²) in [5.41, 5.74) is 9.10. The highest BCUT2D eigenvalue weighted by atomic mass is 32.1. The van der Waals surface area contributed by atoms with E-state index in [1.54, 1.807) is 18.3 Å². The van der Waals surface area contributed by atoms with Gasteiger partial charge in [0.05, 0.1) is 22.5 Å². The number of aromatic nitrogens is 3. The Labute approximate surface area is 132 Å². The van der Waals surface area contributed by atoms with Gasteiger partial charge in [-0.25, -0.2) is 15.0 Å². The van der Waals surface area contributed by atoms with Crippen molar-refractivity contribution >= 4 is 29.3 Å². The standard InChI is InChI=1S/C17H14N4S/c1-3-12-14(4-2)22-17(21-12)15-16(18)19-10-13(20-15)11-8-6-5-7-9-11/h3-10H,1-2H2,(H2,18,19). The van der Waals surface area contributed by atoms with Crippen LogP contribution < -0.4 is 5.73 Å². The minimum Gasteiger partial charge on any atom is -0.382 e. The molecule has 0 aliphatic heterocycles. The maximum Gasteiger partial charge on any atom is 0.152 e. The van der Waals surface area contributed by atoms with Crippen LogP contribution in [0.15, 0.2) is 49.7 Å². The summed E-state index contributed by atoms with van der Waals surface area (Å²) in [6, 6.07) is 9.85. The first-order chi connectivity index (χ1) is 10.7. The van der Waals surface area contributed by atoms with Crippen molar-refractivity contribution in [1.29, 1.82) is 0 Å². The van der Waals surface area contributed by atoms with Gasteiger partial charge in [-0.3, -0.25) is 0 Å². The summed E-state index contributed by atoms with van der Waals surface area (Å²) < 4.78 is 0. The van der Waals surface area contributed by atoms with Crippen molar-refractivity contribution < 1.29 is 0 Å². The second-order valence-corrected chi connectivity index (χ2v) is 5.56. The molecule has 0 aliphatic carbocycles. The molecule has 4 nitrogen and oxygen atoms in total. The predicted octanol–water partition coefficient (Wildman–Crippen LogP) is 4.14. The zero-order valence-electron chi connectivity index (χ0n) is 11.9. The third kappa shape index (κ3) is 2.54. The molecular formula is C17H14N4S. The zero-order valence-corrected chi connectivity index (χ0v) is 12.7. The van der Waals surface area contributed by atoms with Crippen LogP contribution in [0.25, 0.3) is 34.1 Å². The minimum atomic E-state index is 0.361. The number of nitrogen functional groups attached to an aromatic ring is 1. The molecule has 3 rings (SSSR count). The Morgan fingerprint density at radius 2 is 1.82 bits per heavy atom. The molecule has 3 aromatic rings. The molecule has 0 saturated heterocycles. The van der Waals surface area contributed by atoms with Crippen LogP contribution in [0.4, 0.5) is 5.82 Å². The van der Waals surface area contributed by atoms with Crippen LogP contribution in [0, 0.1) is 0 Å². The van der Waals surface area contributed by atoms with Crippen molar-refractivity contribution in [3.63, 3.8) is 0 Å². The van der Waals surface area contributed by atoms with Crippen molar-refractivity contribution in [2.45, 2.75) is 0 Å². The molecule has 2 heterocycles. The first kappa shape index (κ1) is 14.2. The maximum atomic E-state index is 5.98. The highest BCUT2D eigenvalue weighted by Crippen LogP contribution is 2.32. The van der Waals surface area contributed by atoms with E-state index in [0.717, 1.165) is 21.8 Å². The zero-order chi connectivity index (χ0) is 15.5. The molecule has 0 unspecified atom stereocenters. The normalized spacial score (nSPS) is 10.4. The fourth-order valence-corrected chi connectivity index (χ4v) is 2.96. The van der Waals surface area contributed by atoms with E-state index >= 15 is 0 Å². The van der Waals surface area contributed by atoms with E-state index in [9.17, 15) is 0 Å². The highest BCUT2D eigenvalue weighted by Gasteiger charge is 2.14. The molecule has 5 heteroatoms. The van der Waals surface area contributed by atoms with Gasteiger partial charge in [0.25, 0.3) is 0 Å². The topological polar surface area (TPSA) is 64.7 Å². The Balaban J connectivity index is 2.13. The van der Waals surface area contributed by atoms with E-state index in [4.69, 9.17) is 5.73 Å². The van der Waals surface area contributed by atoms with Gasteiger partial charge in [0.15, 0.2) is 5.82 Å². The quantitative estimate of drug-likeness (QED) is 0.787. The number of benzene rings is 1. The molecule has 0 saturated carbocycles. The first-order valence-corrected chi connectivity index (χ1v) is 7.48. The number of rotatable bonds is 4. The Hall–Kier alpha value is -2.79. The summed E-state index contributed by atoms with van der Waals surface area (Å²) in [7, 11) is 0. The second kappa shape index (κ2) is 5.91. The second-order valence-electron chi connectivity index (χ2n) is 4.53. The van der Waals surface area contributed by atoms with Crippen LogP contribution in [0.2, 0.25) is 0 Å². The Bertz CT molecular complexity index is 812. The van der Waals surface area contributed by atoms with Crippen molar-refractivity contribution in [2.75, 3.05) is 5.73 Å². The van der Waals surface area contributed by atoms with Gasteiger partial charge in [0.2, 0.25) is 0 Å². The van der Waals surface area contributed by atoms with Gasteiger partial charge in [-0.15, -0.1) is 11.3 Å². The molecule has 2 N–H and O–H groups in total. The highest BCUT2D eigenvalue weighted by molar-refractivity contribution is 7.16. The molecule has 1 aromatic carbocycles. The average Bonchev–Trinajstić information content (AvgIpc) is 2.99. The summed E-state index contributed by atoms with van der Waals surface area (Å²) in [6.07, 6.45) is 5.12. The third-order valence-electron chi connectivity index (χ3n) is 3.13. The summed E-state index contributed by atoms with van der Waals surface area (Å²) in [6.45, 7) is 7.55. The molecule has 0 spiro atoms. The summed E-state index contributed by atoms with van der Waals surface area (Å²) in [5, 5.41) is 0.715. The van der Waals surface area contributed by atoms with Crippen molar-refractivity contribution in [3.05, 3.63) is 60.3 Å². The first-order valence-electron chi connectivity index (χ1n) is 6.67. The van der Waals surface area contributed by atoms with Gasteiger partial charge in [-0.1, -0.05) is 43.5 Å². The fraction of sp³-hybridized carbons (Fsp3) is 0. The van der Waals surface area contributed by atoms with Crippen molar-refractivity contribution in [2.24, 2.45) is 0 Å². The smallest absolute Gasteiger partial charge is 0.152 e. The number of nitrogens with two attached hydrogens (primary N) is 1. The fourth-order valence-electron chi connectivity index (χ4n) is 2.04. The van der Waals surface area contributed by atoms with Crippen molar-refractivity contribution in [1.82, 2.24) is 15.0 Å². The Kier molecular flexibility index (Phi) is 3.80. The van der Waals surface area contributed by atoms with E-state index in [1.165, 1.54) is 11.3 Å². The van der Waals surface area contributed by atoms with Gasteiger partial charge in [-0.05, 0) is 12.2 Å². The van der Waals surface area contributed by atoms with Gasteiger partial charge >= 0.3 is 0 Å². The molecule has 0 atom stereocenters. The maximum absolute atomic E-state index is 5.98. The van der Waals surface area contributed by atoms with Gasteiger partial charge in [-0.2, -0.15) is 0 Å². The lowest BCUT2D eigenvalue weighted by atomic mass is 10.1. The molecule has 0 amide bonds. The van der Waals surface area contributed by atoms with Crippen LogP contribution in [0.5, 0.6) is 0 Å². The predicted molar refractivity (Wildman–Crippen MR) is 93.2 cm³/mol. The number of nitrogens with zero attached hydrogens (tertiary/aromatic N) is 3. The molecule has 0 bridgehead atoms. The lowest BCUT2D eigenvalue weighted by Crippen LogP contribution is -1.98. The third-order valence-corrected chi connectivity index (χ3v) is 4.21. The summed E-state index contributed by atoms with van der Waals surface area (Å²) in [5.74, 6) is 0.361. The monoisotopic (exact) mass is 306 g/mol. The van der Waals surface area contributed by atoms with Gasteiger partial charge in [0, 0.05) is 5.56 Å². The SMILES string of the molecule is C=Cc1nc(-c2nc(-c3ccccc3)cnc2N)sc1C=C. The lowest BCUT2D eigenvalue weighted by Gasteiger charge is -2.04. The molecule has 0 aliphatic rings. The average molecular weight is 306 g/mol. The molecule has 2 aromatic heterocycles. The molecule has 0 radical (unpaired) electrons. The lowest BCUT2D eigenvalue weighted by molar-refractivity contribution is 1.20. The van der Waals surface area contributed by atoms with Crippen LogP contribution >= 0.6 is 11.3 Å². The summed E-state index contributed by atoms with van der Waals surface area (Å²) in [4.78, 5) is 14.3. The van der Waals surface area contributed by atoms with Crippen LogP contribution in [0.1, 0.15) is 10.6 Å². The largest absolute Gasteiger partial charge is 0.382 e. The van der Waals surface area contributed by atoms with Crippen LogP contribution in [0.3, 0.4) is 0 Å². The van der Waals surface area contributed by atoms with E-state index in [0.29, 0.717) is 16.5 Å². The Morgan fingerprint density at radius 3 is 2.45 bits per heavy atom. The van der Waals surface area contributed by atoms with Crippen LogP contribution in [-0.4, -0.2) is 15.0 Å². The molecular weight excluding hydrogens is 292 g/mol. The molecule has 22 heavy (non-hydrogen) atoms. The number of anilines is 1. The van der Waals surface area contributed by atoms with Gasteiger partial charge < -0.3 is 5.73 Å². The van der Waals surface area contributed by atoms with E-state index in [2.05, 4.69) is 28.1 Å². The van der Waals surface area contributed by atoms with E-state index < -0.39 is 0 Å². The van der Waals surface area contributed by atoms with E-state index in [1.807, 2.05) is 30.3 Å². The van der Waals surface area contributed by atoms with Gasteiger partial charge in [0.1, 0.15) is 10.7 Å². The number of hydrogen-bond donors (Lipinski definition) is 1. The Morgan fingerprint density at radius 1 is 1.05 bits per heavy atom. The van der Waals surface area contributed by atoms with E-state index in [-0.39, 0.29) is 0 Å². The molecule has 0 fully saturated rings. The summed E-state index contributed by atoms with van der Waals surface area (Å²) >= 11 is 1.47. The molecule has 108 valence electrons. The minimum absolute atomic E-state index is 0.361. The number of thiazole rings is 1.